The summed E-state index contributed by atoms with van der Waals surface area (Å²) in [6.07, 6.45) is 0. The van der Waals surface area contributed by atoms with Gasteiger partial charge in [0.1, 0.15) is 0 Å². The number of para-hydroxylation sites is 4. The average Bonchev–Trinajstić information content (AvgIpc) is 1.02. The van der Waals surface area contributed by atoms with E-state index in [1.807, 2.05) is 0 Å². The van der Waals surface area contributed by atoms with Crippen molar-refractivity contribution < 1.29 is 0 Å². The number of anilines is 12. The molecule has 4 heteroatoms. The number of hydrogen-bond acceptors (Lipinski definition) is 4. The lowest BCUT2D eigenvalue weighted by Gasteiger charge is -2.35. The second-order valence-electron chi connectivity index (χ2n) is 21.6. The molecule has 16 rings (SSSR count). The third-order valence-electron chi connectivity index (χ3n) is 16.9. The van der Waals surface area contributed by atoms with Crippen LogP contribution in [0.25, 0.3) is 75.4 Å². The van der Waals surface area contributed by atoms with Crippen LogP contribution in [0.5, 0.6) is 0 Å². The van der Waals surface area contributed by atoms with Gasteiger partial charge in [-0.05, 0) is 106 Å². The fraction of sp³-hybridized carbons (Fsp3) is 0. The third-order valence-corrected chi connectivity index (χ3v) is 16.9. The zero-order valence-electron chi connectivity index (χ0n) is 46.0. The average molecular weight is 1070 g/mol. The molecule has 16 aromatic carbocycles. The summed E-state index contributed by atoms with van der Waals surface area (Å²) in [5.74, 6) is 0. The van der Waals surface area contributed by atoms with E-state index in [2.05, 4.69) is 347 Å². The molecule has 0 radical (unpaired) electrons. The number of benzene rings is 16. The second kappa shape index (κ2) is 20.4. The molecule has 0 spiro atoms. The molecule has 0 N–H and O–H groups in total. The number of nitrogens with zero attached hydrogens (tertiary/aromatic N) is 4. The molecule has 0 aliphatic rings. The molecule has 394 valence electrons. The van der Waals surface area contributed by atoms with Crippen molar-refractivity contribution in [3.05, 3.63) is 328 Å². The van der Waals surface area contributed by atoms with Crippen molar-refractivity contribution >= 4 is 144 Å². The minimum Gasteiger partial charge on any atom is -0.309 e. The molecule has 0 saturated heterocycles. The number of fused-ring (bicyclic) bond motifs is 4. The van der Waals surface area contributed by atoms with Crippen molar-refractivity contribution in [1.29, 1.82) is 0 Å². The van der Waals surface area contributed by atoms with Gasteiger partial charge in [0.2, 0.25) is 0 Å². The van der Waals surface area contributed by atoms with Gasteiger partial charge in [-0.3, -0.25) is 0 Å². The van der Waals surface area contributed by atoms with Crippen LogP contribution in [0.3, 0.4) is 0 Å². The maximum atomic E-state index is 2.50. The molecular formula is C80H54N4. The zero-order valence-corrected chi connectivity index (χ0v) is 46.0. The van der Waals surface area contributed by atoms with E-state index in [9.17, 15) is 0 Å². The predicted molar refractivity (Wildman–Crippen MR) is 359 cm³/mol. The summed E-state index contributed by atoms with van der Waals surface area (Å²) < 4.78 is 0. The van der Waals surface area contributed by atoms with Crippen LogP contribution < -0.4 is 19.6 Å². The lowest BCUT2D eigenvalue weighted by Crippen LogP contribution is -2.16. The Bertz CT molecular complexity index is 4450. The maximum Gasteiger partial charge on any atom is 0.0561 e. The Morgan fingerprint density at radius 2 is 0.345 bits per heavy atom. The molecule has 0 saturated carbocycles. The summed E-state index contributed by atoms with van der Waals surface area (Å²) in [6, 6.07) is 120. The first-order chi connectivity index (χ1) is 41.7. The normalized spacial score (nSPS) is 11.6. The van der Waals surface area contributed by atoms with Crippen LogP contribution in [-0.2, 0) is 0 Å². The van der Waals surface area contributed by atoms with Crippen LogP contribution in [-0.4, -0.2) is 0 Å². The lowest BCUT2D eigenvalue weighted by atomic mass is 9.88. The summed E-state index contributed by atoms with van der Waals surface area (Å²) in [5, 5.41) is 16.2. The van der Waals surface area contributed by atoms with Crippen LogP contribution in [0, 0.1) is 0 Å². The highest BCUT2D eigenvalue weighted by atomic mass is 15.2. The monoisotopic (exact) mass is 1070 g/mol. The lowest BCUT2D eigenvalue weighted by molar-refractivity contribution is 1.28. The van der Waals surface area contributed by atoms with Crippen molar-refractivity contribution in [2.75, 3.05) is 19.6 Å². The van der Waals surface area contributed by atoms with Crippen molar-refractivity contribution in [3.8, 4) is 0 Å². The van der Waals surface area contributed by atoms with Gasteiger partial charge in [-0.15, -0.1) is 0 Å². The molecule has 0 unspecified atom stereocenters. The molecule has 0 aliphatic heterocycles. The molecule has 0 heterocycles. The van der Waals surface area contributed by atoms with E-state index in [-0.39, 0.29) is 0 Å². The number of rotatable bonds is 12. The van der Waals surface area contributed by atoms with Crippen molar-refractivity contribution in [3.63, 3.8) is 0 Å². The van der Waals surface area contributed by atoms with Crippen LogP contribution in [0.2, 0.25) is 0 Å². The van der Waals surface area contributed by atoms with Crippen LogP contribution in [0.1, 0.15) is 0 Å². The van der Waals surface area contributed by atoms with Gasteiger partial charge >= 0.3 is 0 Å². The Balaban J connectivity index is 1.12. The van der Waals surface area contributed by atoms with Gasteiger partial charge in [0.25, 0.3) is 0 Å². The van der Waals surface area contributed by atoms with E-state index in [0.717, 1.165) is 111 Å². The summed E-state index contributed by atoms with van der Waals surface area (Å²) in [6.45, 7) is 0. The van der Waals surface area contributed by atoms with Gasteiger partial charge in [0.05, 0.1) is 45.5 Å². The highest BCUT2D eigenvalue weighted by Crippen LogP contribution is 2.56. The van der Waals surface area contributed by atoms with E-state index in [4.69, 9.17) is 0 Å². The Kier molecular flexibility index (Phi) is 11.8. The molecule has 0 amide bonds. The first kappa shape index (κ1) is 48.7. The Labute approximate surface area is 488 Å². The predicted octanol–water partition coefficient (Wildman–Crippen LogP) is 23.1. The third kappa shape index (κ3) is 8.07. The van der Waals surface area contributed by atoms with E-state index in [0.29, 0.717) is 0 Å². The van der Waals surface area contributed by atoms with E-state index in [1.165, 1.54) is 32.3 Å². The largest absolute Gasteiger partial charge is 0.309 e. The van der Waals surface area contributed by atoms with Gasteiger partial charge in [-0.25, -0.2) is 0 Å². The molecule has 0 aromatic heterocycles. The molecule has 4 nitrogen and oxygen atoms in total. The summed E-state index contributed by atoms with van der Waals surface area (Å²) >= 11 is 0. The van der Waals surface area contributed by atoms with Crippen LogP contribution >= 0.6 is 0 Å². The Morgan fingerprint density at radius 3 is 0.583 bits per heavy atom. The van der Waals surface area contributed by atoms with E-state index < -0.39 is 0 Å². The maximum absolute atomic E-state index is 2.50. The molecule has 0 bridgehead atoms. The highest BCUT2D eigenvalue weighted by Gasteiger charge is 2.30. The first-order valence-electron chi connectivity index (χ1n) is 28.8. The molecule has 16 aromatic rings. The van der Waals surface area contributed by atoms with Gasteiger partial charge in [-0.1, -0.05) is 243 Å². The molecule has 0 atom stereocenters. The summed E-state index contributed by atoms with van der Waals surface area (Å²) in [7, 11) is 0. The fourth-order valence-corrected chi connectivity index (χ4v) is 13.2. The minimum absolute atomic E-state index is 1.06. The van der Waals surface area contributed by atoms with Crippen LogP contribution in [0.4, 0.5) is 68.2 Å². The SMILES string of the molecule is c1ccc(N(c2cccc3ccccc23)c2cc(N(c3ccccc3)c3cccc4ccccc34)c3ccc4c(N(c5ccccc5)c5cccc6ccccc56)cc(N(c5ccccc5)c5cccc6ccccc56)c5ccc2c3c54)cc1. The minimum atomic E-state index is 1.06. The number of hydrogen-bond donors (Lipinski definition) is 0. The van der Waals surface area contributed by atoms with Gasteiger partial charge in [-0.2, -0.15) is 0 Å². The zero-order chi connectivity index (χ0) is 55.5. The van der Waals surface area contributed by atoms with Crippen LogP contribution in [0.15, 0.2) is 328 Å². The second-order valence-corrected chi connectivity index (χ2v) is 21.6. The fourth-order valence-electron chi connectivity index (χ4n) is 13.2. The molecule has 84 heavy (non-hydrogen) atoms. The molecule has 0 fully saturated rings. The Morgan fingerprint density at radius 1 is 0.143 bits per heavy atom. The van der Waals surface area contributed by atoms with E-state index in [1.54, 1.807) is 0 Å². The van der Waals surface area contributed by atoms with Crippen molar-refractivity contribution in [1.82, 2.24) is 0 Å². The van der Waals surface area contributed by atoms with Gasteiger partial charge in [0, 0.05) is 76.6 Å². The van der Waals surface area contributed by atoms with Crippen molar-refractivity contribution in [2.45, 2.75) is 0 Å². The smallest absolute Gasteiger partial charge is 0.0561 e. The quantitative estimate of drug-likeness (QED) is 0.113. The summed E-state index contributed by atoms with van der Waals surface area (Å²) in [4.78, 5) is 10.0. The van der Waals surface area contributed by atoms with E-state index >= 15 is 0 Å². The van der Waals surface area contributed by atoms with Crippen molar-refractivity contribution in [2.24, 2.45) is 0 Å². The standard InChI is InChI=1S/C80H54N4/c1-5-33-59(34-6-1)81(71-45-21-29-55-25-13-17-41-63(55)71)75-53-76(82(60-35-7-2-8-36-60)72-46-22-30-56-26-14-18-42-64(56)72)68-51-52-70-78(84(62-39-11-4-12-40-62)74-48-24-32-58-28-16-20-44-66(58)74)54-77(69-50-49-67(75)79(68)80(69)70)83(61-37-9-3-10-38-61)73-47-23-31-57-27-15-19-43-65(57)73/h1-54H. The van der Waals surface area contributed by atoms with Gasteiger partial charge in [0.15, 0.2) is 0 Å². The first-order valence-corrected chi connectivity index (χ1v) is 28.8. The highest BCUT2D eigenvalue weighted by molar-refractivity contribution is 6.33. The van der Waals surface area contributed by atoms with Gasteiger partial charge < -0.3 is 19.6 Å². The molecule has 0 aliphatic carbocycles. The Hall–Kier alpha value is -11.2. The molecular weight excluding hydrogens is 1020 g/mol. The summed E-state index contributed by atoms with van der Waals surface area (Å²) in [5.41, 5.74) is 12.9. The topological polar surface area (TPSA) is 13.0 Å².